The molecule has 3 nitrogen and oxygen atoms in total. The van der Waals surface area contributed by atoms with Crippen molar-refractivity contribution in [2.45, 2.75) is 26.7 Å². The molecule has 1 amide bonds. The summed E-state index contributed by atoms with van der Waals surface area (Å²) in [5.41, 5.74) is 2.97. The van der Waals surface area contributed by atoms with Gasteiger partial charge in [-0.1, -0.05) is 41.4 Å². The molecule has 0 saturated carbocycles. The van der Waals surface area contributed by atoms with Gasteiger partial charge in [-0.05, 0) is 44.0 Å². The predicted molar refractivity (Wildman–Crippen MR) is 90.7 cm³/mol. The minimum Gasteiger partial charge on any atom is -0.493 e. The number of nitrogens with one attached hydrogen (secondary N) is 1. The van der Waals surface area contributed by atoms with Crippen LogP contribution in [-0.2, 0) is 4.79 Å². The van der Waals surface area contributed by atoms with Crippen molar-refractivity contribution in [1.82, 2.24) is 0 Å². The van der Waals surface area contributed by atoms with Gasteiger partial charge in [0.05, 0.1) is 17.3 Å². The first-order chi connectivity index (χ1) is 10.6. The van der Waals surface area contributed by atoms with E-state index in [1.807, 2.05) is 31.2 Å². The van der Waals surface area contributed by atoms with Gasteiger partial charge in [-0.25, -0.2) is 0 Å². The molecule has 2 aromatic rings. The highest BCUT2D eigenvalue weighted by Gasteiger charge is 2.06. The number of hydrogen-bond acceptors (Lipinski definition) is 2. The summed E-state index contributed by atoms with van der Waals surface area (Å²) in [5, 5.41) is 3.35. The van der Waals surface area contributed by atoms with Gasteiger partial charge in [0.1, 0.15) is 5.75 Å². The van der Waals surface area contributed by atoms with Crippen molar-refractivity contribution >= 4 is 23.2 Å². The fourth-order valence-corrected chi connectivity index (χ4v) is 2.33. The van der Waals surface area contributed by atoms with E-state index >= 15 is 0 Å². The average molecular weight is 318 g/mol. The molecule has 2 aromatic carbocycles. The van der Waals surface area contributed by atoms with Gasteiger partial charge in [-0.3, -0.25) is 4.79 Å². The third-order valence-corrected chi connectivity index (χ3v) is 3.61. The monoisotopic (exact) mass is 317 g/mol. The summed E-state index contributed by atoms with van der Waals surface area (Å²) in [6.45, 7) is 4.59. The lowest BCUT2D eigenvalue weighted by Gasteiger charge is -2.10. The molecule has 22 heavy (non-hydrogen) atoms. The summed E-state index contributed by atoms with van der Waals surface area (Å²) in [6, 6.07) is 13.3. The van der Waals surface area contributed by atoms with Gasteiger partial charge in [-0.2, -0.15) is 0 Å². The molecule has 0 radical (unpaired) electrons. The van der Waals surface area contributed by atoms with E-state index in [4.69, 9.17) is 16.3 Å². The Bertz CT molecular complexity index is 655. The number of amides is 1. The van der Waals surface area contributed by atoms with E-state index in [1.165, 1.54) is 5.56 Å². The molecule has 4 heteroatoms. The number of para-hydroxylation sites is 1. The van der Waals surface area contributed by atoms with E-state index in [9.17, 15) is 4.79 Å². The van der Waals surface area contributed by atoms with E-state index in [0.717, 1.165) is 11.3 Å². The van der Waals surface area contributed by atoms with E-state index < -0.39 is 0 Å². The number of carbonyl (C=O) groups is 1. The fraction of sp³-hybridized carbons (Fsp3) is 0.278. The molecule has 1 N–H and O–H groups in total. The van der Waals surface area contributed by atoms with Gasteiger partial charge >= 0.3 is 0 Å². The van der Waals surface area contributed by atoms with Crippen LogP contribution in [0.1, 0.15) is 24.0 Å². The molecule has 2 rings (SSSR count). The predicted octanol–water partition coefficient (Wildman–Crippen LogP) is 4.75. The van der Waals surface area contributed by atoms with E-state index in [0.29, 0.717) is 30.2 Å². The summed E-state index contributed by atoms with van der Waals surface area (Å²) < 4.78 is 5.71. The number of hydrogen-bond donors (Lipinski definition) is 1. The number of anilines is 1. The molecule has 116 valence electrons. The summed E-state index contributed by atoms with van der Waals surface area (Å²) >= 11 is 6.00. The van der Waals surface area contributed by atoms with Crippen LogP contribution in [0, 0.1) is 13.8 Å². The van der Waals surface area contributed by atoms with E-state index in [-0.39, 0.29) is 5.91 Å². The molecule has 0 aliphatic heterocycles. The Morgan fingerprint density at radius 1 is 1.18 bits per heavy atom. The lowest BCUT2D eigenvalue weighted by molar-refractivity contribution is -0.116. The first kappa shape index (κ1) is 16.4. The van der Waals surface area contributed by atoms with Gasteiger partial charge in [0.2, 0.25) is 5.91 Å². The Labute approximate surface area is 136 Å². The van der Waals surface area contributed by atoms with Crippen molar-refractivity contribution in [2.24, 2.45) is 0 Å². The van der Waals surface area contributed by atoms with Crippen LogP contribution in [0.15, 0.2) is 42.5 Å². The first-order valence-electron chi connectivity index (χ1n) is 7.30. The van der Waals surface area contributed by atoms with Crippen molar-refractivity contribution in [3.05, 3.63) is 58.6 Å². The van der Waals surface area contributed by atoms with Gasteiger partial charge in [0, 0.05) is 6.42 Å². The van der Waals surface area contributed by atoms with Crippen molar-refractivity contribution in [3.8, 4) is 5.75 Å². The topological polar surface area (TPSA) is 38.3 Å². The van der Waals surface area contributed by atoms with Crippen LogP contribution < -0.4 is 10.1 Å². The number of ether oxygens (including phenoxy) is 1. The Hall–Kier alpha value is -2.00. The fourth-order valence-electron chi connectivity index (χ4n) is 2.15. The maximum Gasteiger partial charge on any atom is 0.224 e. The third-order valence-electron chi connectivity index (χ3n) is 3.28. The standard InChI is InChI=1S/C18H20ClNO2/c1-13-9-10-17(14(2)12-13)22-11-5-8-18(21)20-16-7-4-3-6-15(16)19/h3-4,6-7,9-10,12H,5,8,11H2,1-2H3,(H,20,21). The van der Waals surface area contributed by atoms with Gasteiger partial charge < -0.3 is 10.1 Å². The van der Waals surface area contributed by atoms with Crippen molar-refractivity contribution < 1.29 is 9.53 Å². The normalized spacial score (nSPS) is 10.3. The number of halogens is 1. The highest BCUT2D eigenvalue weighted by atomic mass is 35.5. The molecule has 0 atom stereocenters. The Kier molecular flexibility index (Phi) is 5.84. The first-order valence-corrected chi connectivity index (χ1v) is 7.68. The summed E-state index contributed by atoms with van der Waals surface area (Å²) in [6.07, 6.45) is 1.06. The Balaban J connectivity index is 1.74. The quantitative estimate of drug-likeness (QED) is 0.780. The zero-order chi connectivity index (χ0) is 15.9. The molecule has 0 aliphatic rings. The molecule has 0 heterocycles. The largest absolute Gasteiger partial charge is 0.493 e. The molecular formula is C18H20ClNO2. The minimum absolute atomic E-state index is 0.0580. The maximum absolute atomic E-state index is 11.9. The SMILES string of the molecule is Cc1ccc(OCCCC(=O)Nc2ccccc2Cl)c(C)c1. The van der Waals surface area contributed by atoms with Crippen LogP contribution in [0.2, 0.25) is 5.02 Å². The maximum atomic E-state index is 11.9. The second-order valence-electron chi connectivity index (χ2n) is 5.25. The van der Waals surface area contributed by atoms with Crippen LogP contribution in [0.5, 0.6) is 5.75 Å². The molecule has 0 bridgehead atoms. The van der Waals surface area contributed by atoms with Crippen molar-refractivity contribution in [2.75, 3.05) is 11.9 Å². The average Bonchev–Trinajstić information content (AvgIpc) is 2.48. The van der Waals surface area contributed by atoms with Crippen LogP contribution in [0.4, 0.5) is 5.69 Å². The number of carbonyl (C=O) groups excluding carboxylic acids is 1. The van der Waals surface area contributed by atoms with Gasteiger partial charge in [0.25, 0.3) is 0 Å². The number of aryl methyl sites for hydroxylation is 2. The third kappa shape index (κ3) is 4.78. The highest BCUT2D eigenvalue weighted by molar-refractivity contribution is 6.33. The van der Waals surface area contributed by atoms with Crippen molar-refractivity contribution in [1.29, 1.82) is 0 Å². The van der Waals surface area contributed by atoms with E-state index in [1.54, 1.807) is 12.1 Å². The van der Waals surface area contributed by atoms with Crippen LogP contribution >= 0.6 is 11.6 Å². The molecule has 0 aromatic heterocycles. The van der Waals surface area contributed by atoms with Crippen LogP contribution in [-0.4, -0.2) is 12.5 Å². The van der Waals surface area contributed by atoms with Crippen LogP contribution in [0.3, 0.4) is 0 Å². The highest BCUT2D eigenvalue weighted by Crippen LogP contribution is 2.21. The van der Waals surface area contributed by atoms with E-state index in [2.05, 4.69) is 18.3 Å². The lowest BCUT2D eigenvalue weighted by atomic mass is 10.1. The Morgan fingerprint density at radius 2 is 1.95 bits per heavy atom. The summed E-state index contributed by atoms with van der Waals surface area (Å²) in [7, 11) is 0. The molecule has 0 saturated heterocycles. The lowest BCUT2D eigenvalue weighted by Crippen LogP contribution is -2.13. The minimum atomic E-state index is -0.0580. The number of benzene rings is 2. The second-order valence-corrected chi connectivity index (χ2v) is 5.66. The Morgan fingerprint density at radius 3 is 2.68 bits per heavy atom. The van der Waals surface area contributed by atoms with Gasteiger partial charge in [-0.15, -0.1) is 0 Å². The molecule has 0 spiro atoms. The van der Waals surface area contributed by atoms with Crippen LogP contribution in [0.25, 0.3) is 0 Å². The number of rotatable bonds is 6. The molecule has 0 aliphatic carbocycles. The molecule has 0 unspecified atom stereocenters. The zero-order valence-electron chi connectivity index (χ0n) is 12.9. The van der Waals surface area contributed by atoms with Crippen molar-refractivity contribution in [3.63, 3.8) is 0 Å². The van der Waals surface area contributed by atoms with Gasteiger partial charge in [0.15, 0.2) is 0 Å². The smallest absolute Gasteiger partial charge is 0.224 e. The summed E-state index contributed by atoms with van der Waals surface area (Å²) in [4.78, 5) is 11.9. The summed E-state index contributed by atoms with van der Waals surface area (Å²) in [5.74, 6) is 0.814. The molecule has 0 fully saturated rings. The molecular weight excluding hydrogens is 298 g/mol. The zero-order valence-corrected chi connectivity index (χ0v) is 13.6. The second kappa shape index (κ2) is 7.85.